The number of aromatic nitrogens is 6. The quantitative estimate of drug-likeness (QED) is 0.150. The zero-order chi connectivity index (χ0) is 33.6. The van der Waals surface area contributed by atoms with Gasteiger partial charge in [0.25, 0.3) is 0 Å². The number of rotatable bonds is 8. The van der Waals surface area contributed by atoms with Gasteiger partial charge in [-0.3, -0.25) is 9.97 Å². The van der Waals surface area contributed by atoms with Gasteiger partial charge in [0.15, 0.2) is 0 Å². The molecule has 9 rings (SSSR count). The molecule has 0 atom stereocenters. The van der Waals surface area contributed by atoms with Crippen LogP contribution in [-0.2, 0) is 35.9 Å². The van der Waals surface area contributed by atoms with E-state index in [4.69, 9.17) is 39.4 Å². The van der Waals surface area contributed by atoms with Crippen molar-refractivity contribution in [3.05, 3.63) is 143 Å². The van der Waals surface area contributed by atoms with E-state index >= 15 is 0 Å². The molecule has 0 unspecified atom stereocenters. The minimum atomic E-state index is 0.352. The minimum absolute atomic E-state index is 0.352. The van der Waals surface area contributed by atoms with Crippen LogP contribution in [-0.4, -0.2) is 29.9 Å². The largest absolute Gasteiger partial charge is 0.369 e. The van der Waals surface area contributed by atoms with Crippen LogP contribution in [0.25, 0.3) is 65.4 Å². The second kappa shape index (κ2) is 12.5. The van der Waals surface area contributed by atoms with Crippen molar-refractivity contribution in [2.24, 2.45) is 0 Å². The maximum absolute atomic E-state index is 6.13. The summed E-state index contributed by atoms with van der Waals surface area (Å²) >= 11 is 0. The number of hydrogen-bond acceptors (Lipinski definition) is 8. The van der Waals surface area contributed by atoms with Crippen molar-refractivity contribution < 1.29 is 9.47 Å². The molecule has 8 nitrogen and oxygen atoms in total. The van der Waals surface area contributed by atoms with Crippen molar-refractivity contribution >= 4 is 65.4 Å². The van der Waals surface area contributed by atoms with Crippen molar-refractivity contribution in [2.45, 2.75) is 40.3 Å². The molecule has 0 aliphatic carbocycles. The van der Waals surface area contributed by atoms with E-state index in [2.05, 4.69) is 72.8 Å². The van der Waals surface area contributed by atoms with Gasteiger partial charge < -0.3 is 9.47 Å². The van der Waals surface area contributed by atoms with Gasteiger partial charge in [-0.2, -0.15) is 0 Å². The van der Waals surface area contributed by atoms with Gasteiger partial charge in [0.1, 0.15) is 0 Å². The number of aryl methyl sites for hydroxylation is 2. The predicted octanol–water partition coefficient (Wildman–Crippen LogP) is 9.03. The molecule has 50 heavy (non-hydrogen) atoms. The van der Waals surface area contributed by atoms with Crippen LogP contribution in [0.4, 0.5) is 0 Å². The second-order valence-corrected chi connectivity index (χ2v) is 12.7. The fourth-order valence-electron chi connectivity index (χ4n) is 6.50. The van der Waals surface area contributed by atoms with E-state index in [0.717, 1.165) is 99.6 Å². The molecule has 242 valence electrons. The molecule has 0 amide bonds. The van der Waals surface area contributed by atoms with E-state index in [-0.39, 0.29) is 0 Å². The SMILES string of the molecule is Cc1ccc2ccc3ccc(COCc4ccc5ccc6ccc(COCc7ccc8ccc9ccc(C)nc9c8n7)nc6c5n4)nc3c2n1. The molecular weight excluding hydrogens is 621 g/mol. The third-order valence-electron chi connectivity index (χ3n) is 9.07. The number of hydrogen-bond donors (Lipinski definition) is 0. The van der Waals surface area contributed by atoms with Gasteiger partial charge in [-0.1, -0.05) is 72.8 Å². The Labute approximate surface area is 287 Å². The highest BCUT2D eigenvalue weighted by atomic mass is 16.5. The van der Waals surface area contributed by atoms with Crippen molar-refractivity contribution in [1.29, 1.82) is 0 Å². The highest BCUT2D eigenvalue weighted by molar-refractivity contribution is 6.04. The van der Waals surface area contributed by atoms with E-state index in [1.807, 2.05) is 50.2 Å². The van der Waals surface area contributed by atoms with E-state index < -0.39 is 0 Å². The molecular formula is C42H32N6O2. The summed E-state index contributed by atoms with van der Waals surface area (Å²) in [6.07, 6.45) is 0. The summed E-state index contributed by atoms with van der Waals surface area (Å²) in [5.41, 5.74) is 10.6. The van der Waals surface area contributed by atoms with Crippen LogP contribution < -0.4 is 0 Å². The topological polar surface area (TPSA) is 95.8 Å². The lowest BCUT2D eigenvalue weighted by Crippen LogP contribution is -2.01. The lowest BCUT2D eigenvalue weighted by molar-refractivity contribution is 0.102. The molecule has 8 heteroatoms. The van der Waals surface area contributed by atoms with Gasteiger partial charge in [-0.25, -0.2) is 19.9 Å². The Morgan fingerprint density at radius 3 is 0.800 bits per heavy atom. The van der Waals surface area contributed by atoms with Crippen molar-refractivity contribution in [1.82, 2.24) is 29.9 Å². The number of fused-ring (bicyclic) bond motifs is 9. The van der Waals surface area contributed by atoms with Gasteiger partial charge >= 0.3 is 0 Å². The third-order valence-corrected chi connectivity index (χ3v) is 9.07. The highest BCUT2D eigenvalue weighted by Crippen LogP contribution is 2.26. The molecule has 3 aromatic carbocycles. The Balaban J connectivity index is 0.914. The summed E-state index contributed by atoms with van der Waals surface area (Å²) in [6.45, 7) is 5.44. The molecule has 0 saturated heterocycles. The molecule has 0 aliphatic heterocycles. The lowest BCUT2D eigenvalue weighted by atomic mass is 10.1. The van der Waals surface area contributed by atoms with E-state index in [9.17, 15) is 0 Å². The summed E-state index contributed by atoms with van der Waals surface area (Å²) in [6, 6.07) is 37.1. The second-order valence-electron chi connectivity index (χ2n) is 12.7. The van der Waals surface area contributed by atoms with Gasteiger partial charge in [-0.15, -0.1) is 0 Å². The smallest absolute Gasteiger partial charge is 0.0969 e. The fourth-order valence-corrected chi connectivity index (χ4v) is 6.50. The summed E-state index contributed by atoms with van der Waals surface area (Å²) in [5, 5.41) is 6.32. The zero-order valence-corrected chi connectivity index (χ0v) is 27.7. The molecule has 9 aromatic rings. The molecule has 0 bridgehead atoms. The van der Waals surface area contributed by atoms with Crippen LogP contribution in [0.5, 0.6) is 0 Å². The summed E-state index contributed by atoms with van der Waals surface area (Å²) in [7, 11) is 0. The van der Waals surface area contributed by atoms with Gasteiger partial charge in [0.05, 0.1) is 82.3 Å². The maximum atomic E-state index is 6.13. The Morgan fingerprint density at radius 1 is 0.300 bits per heavy atom. The van der Waals surface area contributed by atoms with E-state index in [0.29, 0.717) is 26.4 Å². The Morgan fingerprint density at radius 2 is 0.520 bits per heavy atom. The number of nitrogens with zero attached hydrogens (tertiary/aromatic N) is 6. The zero-order valence-electron chi connectivity index (χ0n) is 27.7. The first-order valence-corrected chi connectivity index (χ1v) is 16.7. The van der Waals surface area contributed by atoms with Crippen LogP contribution >= 0.6 is 0 Å². The normalized spacial score (nSPS) is 11.9. The van der Waals surface area contributed by atoms with Crippen molar-refractivity contribution in [3.63, 3.8) is 0 Å². The van der Waals surface area contributed by atoms with Crippen LogP contribution in [0, 0.1) is 13.8 Å². The van der Waals surface area contributed by atoms with Gasteiger partial charge in [0.2, 0.25) is 0 Å². The number of pyridine rings is 6. The van der Waals surface area contributed by atoms with Gasteiger partial charge in [-0.05, 0) is 50.2 Å². The molecule has 0 spiro atoms. The average molecular weight is 653 g/mol. The summed E-state index contributed by atoms with van der Waals surface area (Å²) in [4.78, 5) is 29.3. The molecule has 0 saturated carbocycles. The van der Waals surface area contributed by atoms with Crippen LogP contribution in [0.3, 0.4) is 0 Å². The Kier molecular flexibility index (Phi) is 7.53. The summed E-state index contributed by atoms with van der Waals surface area (Å²) in [5.74, 6) is 0. The molecule has 6 heterocycles. The van der Waals surface area contributed by atoms with Gasteiger partial charge in [0, 0.05) is 43.7 Å². The summed E-state index contributed by atoms with van der Waals surface area (Å²) < 4.78 is 12.3. The first-order valence-electron chi connectivity index (χ1n) is 16.7. The lowest BCUT2D eigenvalue weighted by Gasteiger charge is -2.10. The molecule has 0 aliphatic rings. The minimum Gasteiger partial charge on any atom is -0.369 e. The fraction of sp³-hybridized carbons (Fsp3) is 0.143. The standard InChI is InChI=1S/C42H32N6O2/c1-25-3-5-27-7-9-29-13-17-33(45-39(29)37(27)43-25)21-49-23-35-19-15-31-11-12-32-16-20-36(48-42(32)41(31)47-35)24-50-22-34-18-14-30-10-8-28-6-4-26(2)44-38(28)40(30)46-34/h3-20H,21-24H2,1-2H3. The van der Waals surface area contributed by atoms with Crippen LogP contribution in [0.2, 0.25) is 0 Å². The van der Waals surface area contributed by atoms with Crippen molar-refractivity contribution in [2.75, 3.05) is 0 Å². The Bertz CT molecular complexity index is 2580. The molecule has 0 fully saturated rings. The van der Waals surface area contributed by atoms with Crippen LogP contribution in [0.1, 0.15) is 34.2 Å². The number of benzene rings is 3. The third kappa shape index (κ3) is 5.74. The molecule has 0 radical (unpaired) electrons. The predicted molar refractivity (Wildman–Crippen MR) is 198 cm³/mol. The maximum Gasteiger partial charge on any atom is 0.0969 e. The van der Waals surface area contributed by atoms with Crippen LogP contribution in [0.15, 0.2) is 109 Å². The molecule has 6 aromatic heterocycles. The molecule has 0 N–H and O–H groups in total. The number of ether oxygens (including phenoxy) is 2. The monoisotopic (exact) mass is 652 g/mol. The Hall–Kier alpha value is -5.96. The average Bonchev–Trinajstić information content (AvgIpc) is 3.14. The highest BCUT2D eigenvalue weighted by Gasteiger charge is 2.10. The first kappa shape index (κ1) is 30.1. The van der Waals surface area contributed by atoms with E-state index in [1.54, 1.807) is 0 Å². The van der Waals surface area contributed by atoms with Crippen molar-refractivity contribution in [3.8, 4) is 0 Å². The van der Waals surface area contributed by atoms with E-state index in [1.165, 1.54) is 0 Å². The first-order chi connectivity index (χ1) is 24.5.